The number of hydrogen-bond donors (Lipinski definition) is 2. The van der Waals surface area contributed by atoms with Gasteiger partial charge in [0.1, 0.15) is 5.82 Å². The summed E-state index contributed by atoms with van der Waals surface area (Å²) in [7, 11) is 0. The number of nitrogens with zero attached hydrogens (tertiary/aromatic N) is 3. The zero-order valence-corrected chi connectivity index (χ0v) is 22.4. The minimum atomic E-state index is -0.285. The van der Waals surface area contributed by atoms with Crippen LogP contribution < -0.4 is 10.6 Å². The van der Waals surface area contributed by atoms with E-state index in [1.165, 1.54) is 6.07 Å². The van der Waals surface area contributed by atoms with Crippen LogP contribution in [0, 0.1) is 26.6 Å². The molecule has 8 heteroatoms. The maximum atomic E-state index is 14.8. The van der Waals surface area contributed by atoms with Gasteiger partial charge < -0.3 is 20.1 Å². The van der Waals surface area contributed by atoms with Crippen molar-refractivity contribution in [2.45, 2.75) is 39.3 Å². The summed E-state index contributed by atoms with van der Waals surface area (Å²) in [5, 5.41) is 7.01. The van der Waals surface area contributed by atoms with E-state index in [2.05, 4.69) is 26.6 Å². The van der Waals surface area contributed by atoms with E-state index >= 15 is 0 Å². The van der Waals surface area contributed by atoms with Gasteiger partial charge in [-0.1, -0.05) is 36.4 Å². The normalized spacial score (nSPS) is 16.9. The lowest BCUT2D eigenvalue weighted by atomic mass is 9.96. The van der Waals surface area contributed by atoms with Crippen LogP contribution in [0.1, 0.15) is 46.7 Å². The zero-order valence-electron chi connectivity index (χ0n) is 21.6. The van der Waals surface area contributed by atoms with Crippen molar-refractivity contribution in [3.8, 4) is 5.69 Å². The molecular weight excluding hydrogens is 497 g/mol. The zero-order chi connectivity index (χ0) is 26.8. The third-order valence-corrected chi connectivity index (χ3v) is 7.43. The highest BCUT2D eigenvalue weighted by Gasteiger charge is 2.41. The maximum absolute atomic E-state index is 14.8. The van der Waals surface area contributed by atoms with E-state index in [4.69, 9.17) is 12.2 Å². The number of hydrogen-bond acceptors (Lipinski definition) is 3. The van der Waals surface area contributed by atoms with Gasteiger partial charge in [-0.25, -0.2) is 4.39 Å². The number of anilines is 1. The molecule has 0 radical (unpaired) electrons. The van der Waals surface area contributed by atoms with Crippen LogP contribution in [-0.4, -0.2) is 32.0 Å². The lowest BCUT2D eigenvalue weighted by Gasteiger charge is -2.28. The van der Waals surface area contributed by atoms with E-state index in [9.17, 15) is 9.18 Å². The summed E-state index contributed by atoms with van der Waals surface area (Å²) in [4.78, 5) is 19.6. The van der Waals surface area contributed by atoms with Crippen LogP contribution in [0.15, 0.2) is 79.0 Å². The summed E-state index contributed by atoms with van der Waals surface area (Å²) < 4.78 is 16.7. The molecule has 4 aromatic rings. The van der Waals surface area contributed by atoms with Crippen LogP contribution in [0.5, 0.6) is 0 Å². The predicted octanol–water partition coefficient (Wildman–Crippen LogP) is 5.94. The SMILES string of the molecule is Cc1ccccc1NC(=O)CCN1C(=S)NC(c2ccccn2)C1c1cc(C)n(-c2ccccc2F)c1C. The molecule has 1 aliphatic rings. The Kier molecular flexibility index (Phi) is 7.24. The summed E-state index contributed by atoms with van der Waals surface area (Å²) in [6, 6.07) is 21.9. The molecule has 2 unspecified atom stereocenters. The van der Waals surface area contributed by atoms with E-state index in [0.29, 0.717) is 17.3 Å². The largest absolute Gasteiger partial charge is 0.352 e. The Morgan fingerprint density at radius 1 is 1.05 bits per heavy atom. The van der Waals surface area contributed by atoms with Crippen molar-refractivity contribution in [1.29, 1.82) is 0 Å². The number of thiocarbonyl (C=S) groups is 1. The number of amides is 1. The number of aromatic nitrogens is 2. The number of halogens is 1. The molecule has 38 heavy (non-hydrogen) atoms. The summed E-state index contributed by atoms with van der Waals surface area (Å²) >= 11 is 5.78. The van der Waals surface area contributed by atoms with Crippen LogP contribution in [0.3, 0.4) is 0 Å². The first-order valence-electron chi connectivity index (χ1n) is 12.6. The minimum absolute atomic E-state index is 0.0843. The van der Waals surface area contributed by atoms with Crippen molar-refractivity contribution < 1.29 is 9.18 Å². The molecule has 2 atom stereocenters. The second kappa shape index (κ2) is 10.8. The van der Waals surface area contributed by atoms with Gasteiger partial charge in [-0.05, 0) is 80.5 Å². The molecule has 1 aliphatic heterocycles. The highest BCUT2D eigenvalue weighted by molar-refractivity contribution is 7.80. The summed E-state index contributed by atoms with van der Waals surface area (Å²) in [5.74, 6) is -0.370. The fourth-order valence-electron chi connectivity index (χ4n) is 5.22. The molecule has 194 valence electrons. The summed E-state index contributed by atoms with van der Waals surface area (Å²) in [6.07, 6.45) is 2.02. The maximum Gasteiger partial charge on any atom is 0.226 e. The number of nitrogens with one attached hydrogen (secondary N) is 2. The van der Waals surface area contributed by atoms with Gasteiger partial charge in [-0.3, -0.25) is 9.78 Å². The molecule has 0 spiro atoms. The standard InChI is InChI=1S/C30H30FN5OS/c1-19-10-4-6-12-24(19)33-27(37)15-17-35-29(28(34-30(35)38)25-13-8-9-16-32-25)22-18-20(2)36(21(22)3)26-14-7-5-11-23(26)31/h4-14,16,18,28-29H,15,17H2,1-3H3,(H,33,37)(H,34,38). The Hall–Kier alpha value is -4.04. The smallest absolute Gasteiger partial charge is 0.226 e. The van der Waals surface area contributed by atoms with Gasteiger partial charge >= 0.3 is 0 Å². The second-order valence-electron chi connectivity index (χ2n) is 9.55. The Morgan fingerprint density at radius 2 is 1.79 bits per heavy atom. The van der Waals surface area contributed by atoms with Gasteiger partial charge in [0.05, 0.1) is 23.5 Å². The van der Waals surface area contributed by atoms with Crippen molar-refractivity contribution in [1.82, 2.24) is 19.8 Å². The highest BCUT2D eigenvalue weighted by Crippen LogP contribution is 2.41. The molecule has 1 saturated heterocycles. The van der Waals surface area contributed by atoms with Crippen LogP contribution in [0.4, 0.5) is 10.1 Å². The van der Waals surface area contributed by atoms with Crippen LogP contribution in [0.2, 0.25) is 0 Å². The number of para-hydroxylation sites is 2. The Morgan fingerprint density at radius 3 is 2.53 bits per heavy atom. The number of aryl methyl sites for hydroxylation is 2. The van der Waals surface area contributed by atoms with Crippen molar-refractivity contribution >= 4 is 28.9 Å². The first-order valence-corrected chi connectivity index (χ1v) is 13.0. The Bertz CT molecular complexity index is 1490. The first kappa shape index (κ1) is 25.6. The number of benzene rings is 2. The van der Waals surface area contributed by atoms with Crippen molar-refractivity contribution in [2.24, 2.45) is 0 Å². The predicted molar refractivity (Wildman–Crippen MR) is 152 cm³/mol. The molecule has 3 heterocycles. The molecule has 0 bridgehead atoms. The molecule has 2 N–H and O–H groups in total. The van der Waals surface area contributed by atoms with Crippen LogP contribution >= 0.6 is 12.2 Å². The molecule has 2 aromatic heterocycles. The number of carbonyl (C=O) groups excluding carboxylic acids is 1. The summed E-state index contributed by atoms with van der Waals surface area (Å²) in [5.41, 5.74) is 6.00. The average Bonchev–Trinajstić information content (AvgIpc) is 3.39. The van der Waals surface area contributed by atoms with Gasteiger partial charge in [-0.15, -0.1) is 0 Å². The van der Waals surface area contributed by atoms with E-state index in [1.54, 1.807) is 18.3 Å². The minimum Gasteiger partial charge on any atom is -0.352 e. The van der Waals surface area contributed by atoms with Crippen molar-refractivity contribution in [3.63, 3.8) is 0 Å². The monoisotopic (exact) mass is 527 g/mol. The molecule has 0 aliphatic carbocycles. The van der Waals surface area contributed by atoms with Gasteiger partial charge in [0.25, 0.3) is 0 Å². The molecular formula is C30H30FN5OS. The third-order valence-electron chi connectivity index (χ3n) is 7.08. The Labute approximate surface area is 227 Å². The van der Waals surface area contributed by atoms with Crippen LogP contribution in [0.25, 0.3) is 5.69 Å². The number of pyridine rings is 1. The molecule has 2 aromatic carbocycles. The molecule has 6 nitrogen and oxygen atoms in total. The molecule has 1 fully saturated rings. The molecule has 0 saturated carbocycles. The fraction of sp³-hybridized carbons (Fsp3) is 0.233. The van der Waals surface area contributed by atoms with Crippen molar-refractivity contribution in [3.05, 3.63) is 113 Å². The number of rotatable bonds is 7. The van der Waals surface area contributed by atoms with E-state index < -0.39 is 0 Å². The molecule has 5 rings (SSSR count). The van der Waals surface area contributed by atoms with Gasteiger partial charge in [0.15, 0.2) is 5.11 Å². The van der Waals surface area contributed by atoms with E-state index in [1.807, 2.05) is 73.9 Å². The highest BCUT2D eigenvalue weighted by atomic mass is 32.1. The topological polar surface area (TPSA) is 62.2 Å². The van der Waals surface area contributed by atoms with Gasteiger partial charge in [-0.2, -0.15) is 0 Å². The van der Waals surface area contributed by atoms with Gasteiger partial charge in [0.2, 0.25) is 5.91 Å². The Balaban J connectivity index is 1.48. The van der Waals surface area contributed by atoms with Crippen LogP contribution in [-0.2, 0) is 4.79 Å². The second-order valence-corrected chi connectivity index (χ2v) is 9.93. The molecule has 1 amide bonds. The van der Waals surface area contributed by atoms with E-state index in [0.717, 1.165) is 33.9 Å². The lowest BCUT2D eigenvalue weighted by Crippen LogP contribution is -2.33. The van der Waals surface area contributed by atoms with Crippen molar-refractivity contribution in [2.75, 3.05) is 11.9 Å². The fourth-order valence-corrected chi connectivity index (χ4v) is 5.56. The number of carbonyl (C=O) groups is 1. The van der Waals surface area contributed by atoms with E-state index in [-0.39, 0.29) is 30.2 Å². The average molecular weight is 528 g/mol. The summed E-state index contributed by atoms with van der Waals surface area (Å²) in [6.45, 7) is 6.35. The third kappa shape index (κ3) is 4.91. The lowest BCUT2D eigenvalue weighted by molar-refractivity contribution is -0.116. The van der Waals surface area contributed by atoms with Gasteiger partial charge in [0, 0.05) is 36.2 Å². The quantitative estimate of drug-likeness (QED) is 0.292. The first-order chi connectivity index (χ1) is 18.3.